The van der Waals surface area contributed by atoms with Gasteiger partial charge in [0.15, 0.2) is 0 Å². The maximum Gasteiger partial charge on any atom is 0.233 e. The summed E-state index contributed by atoms with van der Waals surface area (Å²) in [6, 6.07) is 5.43. The van der Waals surface area contributed by atoms with Crippen LogP contribution in [0.4, 0.5) is 0 Å². The Morgan fingerprint density at radius 1 is 1.19 bits per heavy atom. The van der Waals surface area contributed by atoms with Crippen molar-refractivity contribution in [3.8, 4) is 0 Å². The fourth-order valence-electron chi connectivity index (χ4n) is 2.61. The molecule has 1 aliphatic heterocycles. The second kappa shape index (κ2) is 10.4. The molecule has 8 heteroatoms. The summed E-state index contributed by atoms with van der Waals surface area (Å²) in [5.41, 5.74) is 0.927. The van der Waals surface area contributed by atoms with Crippen LogP contribution in [0.25, 0.3) is 0 Å². The number of carbonyl (C=O) groups excluding carboxylic acids is 2. The van der Waals surface area contributed by atoms with Crippen molar-refractivity contribution in [1.82, 2.24) is 9.80 Å². The predicted octanol–water partition coefficient (Wildman–Crippen LogP) is 3.32. The van der Waals surface area contributed by atoms with Crippen molar-refractivity contribution in [2.45, 2.75) is 26.4 Å². The molecular formula is C18H24Cl2N2O3S. The third kappa shape index (κ3) is 6.34. The number of thioether (sulfide) groups is 1. The molecule has 0 aliphatic carbocycles. The summed E-state index contributed by atoms with van der Waals surface area (Å²) in [4.78, 5) is 28.3. The van der Waals surface area contributed by atoms with Crippen LogP contribution in [0, 0.1) is 0 Å². The van der Waals surface area contributed by atoms with E-state index in [0.717, 1.165) is 5.56 Å². The number of hydrogen-bond donors (Lipinski definition) is 0. The lowest BCUT2D eigenvalue weighted by Crippen LogP contribution is -2.42. The fourth-order valence-corrected chi connectivity index (χ4v) is 3.73. The van der Waals surface area contributed by atoms with Crippen LogP contribution in [-0.2, 0) is 20.9 Å². The monoisotopic (exact) mass is 418 g/mol. The summed E-state index contributed by atoms with van der Waals surface area (Å²) >= 11 is 13.4. The van der Waals surface area contributed by atoms with Crippen LogP contribution in [0.2, 0.25) is 10.0 Å². The Kier molecular flexibility index (Phi) is 8.54. The highest BCUT2D eigenvalue weighted by Gasteiger charge is 2.20. The Balaban J connectivity index is 1.85. The first-order valence-corrected chi connectivity index (χ1v) is 10.5. The minimum absolute atomic E-state index is 0.00542. The average molecular weight is 419 g/mol. The smallest absolute Gasteiger partial charge is 0.233 e. The first-order chi connectivity index (χ1) is 12.4. The normalized spacial score (nSPS) is 14.6. The molecule has 1 heterocycles. The van der Waals surface area contributed by atoms with E-state index in [-0.39, 0.29) is 23.6 Å². The zero-order valence-electron chi connectivity index (χ0n) is 15.0. The summed E-state index contributed by atoms with van der Waals surface area (Å²) in [7, 11) is 0. The Morgan fingerprint density at radius 2 is 1.88 bits per heavy atom. The molecule has 0 saturated carbocycles. The molecule has 144 valence electrons. The van der Waals surface area contributed by atoms with Crippen LogP contribution in [0.3, 0.4) is 0 Å². The largest absolute Gasteiger partial charge is 0.378 e. The summed E-state index contributed by atoms with van der Waals surface area (Å²) < 4.78 is 5.24. The van der Waals surface area contributed by atoms with Crippen molar-refractivity contribution in [3.63, 3.8) is 0 Å². The number of benzene rings is 1. The lowest BCUT2D eigenvalue weighted by Gasteiger charge is -2.28. The third-order valence-corrected chi connectivity index (χ3v) is 5.74. The van der Waals surface area contributed by atoms with Gasteiger partial charge in [-0.15, -0.1) is 11.8 Å². The molecule has 0 N–H and O–H groups in total. The van der Waals surface area contributed by atoms with Crippen LogP contribution in [-0.4, -0.2) is 65.5 Å². The van der Waals surface area contributed by atoms with Gasteiger partial charge in [-0.1, -0.05) is 29.3 Å². The fraction of sp³-hybridized carbons (Fsp3) is 0.556. The van der Waals surface area contributed by atoms with Crippen molar-refractivity contribution in [2.24, 2.45) is 0 Å². The van der Waals surface area contributed by atoms with Crippen LogP contribution in [0.5, 0.6) is 0 Å². The van der Waals surface area contributed by atoms with Crippen LogP contribution in [0.15, 0.2) is 18.2 Å². The Bertz CT molecular complexity index is 637. The second-order valence-electron chi connectivity index (χ2n) is 6.35. The van der Waals surface area contributed by atoms with Crippen molar-refractivity contribution in [2.75, 3.05) is 37.8 Å². The van der Waals surface area contributed by atoms with Gasteiger partial charge >= 0.3 is 0 Å². The van der Waals surface area contributed by atoms with Gasteiger partial charge in [0.2, 0.25) is 11.8 Å². The molecule has 2 amide bonds. The molecule has 0 atom stereocenters. The first kappa shape index (κ1) is 21.4. The van der Waals surface area contributed by atoms with Gasteiger partial charge in [0.05, 0.1) is 34.8 Å². The molecular weight excluding hydrogens is 395 g/mol. The molecule has 1 fully saturated rings. The molecule has 1 aliphatic rings. The van der Waals surface area contributed by atoms with E-state index >= 15 is 0 Å². The number of carbonyl (C=O) groups is 2. The lowest BCUT2D eigenvalue weighted by atomic mass is 10.2. The van der Waals surface area contributed by atoms with Crippen molar-refractivity contribution < 1.29 is 14.3 Å². The van der Waals surface area contributed by atoms with E-state index in [1.807, 2.05) is 19.9 Å². The minimum Gasteiger partial charge on any atom is -0.378 e. The van der Waals surface area contributed by atoms with Gasteiger partial charge in [-0.2, -0.15) is 0 Å². The number of ether oxygens (including phenoxy) is 1. The molecule has 26 heavy (non-hydrogen) atoms. The molecule has 1 aromatic carbocycles. The molecule has 2 rings (SSSR count). The number of halogens is 2. The maximum absolute atomic E-state index is 12.6. The van der Waals surface area contributed by atoms with Gasteiger partial charge in [-0.25, -0.2) is 0 Å². The van der Waals surface area contributed by atoms with Crippen LogP contribution >= 0.6 is 35.0 Å². The Hall–Kier alpha value is -0.950. The number of rotatable bonds is 7. The lowest BCUT2D eigenvalue weighted by molar-refractivity contribution is -0.132. The Morgan fingerprint density at radius 3 is 2.50 bits per heavy atom. The van der Waals surface area contributed by atoms with E-state index in [0.29, 0.717) is 48.6 Å². The van der Waals surface area contributed by atoms with Crippen LogP contribution < -0.4 is 0 Å². The van der Waals surface area contributed by atoms with Gasteiger partial charge in [0.1, 0.15) is 0 Å². The van der Waals surface area contributed by atoms with E-state index in [1.54, 1.807) is 21.9 Å². The predicted molar refractivity (Wildman–Crippen MR) is 107 cm³/mol. The van der Waals surface area contributed by atoms with Gasteiger partial charge in [-0.3, -0.25) is 9.59 Å². The number of hydrogen-bond acceptors (Lipinski definition) is 4. The van der Waals surface area contributed by atoms with E-state index in [9.17, 15) is 9.59 Å². The molecule has 0 spiro atoms. The topological polar surface area (TPSA) is 49.9 Å². The van der Waals surface area contributed by atoms with E-state index < -0.39 is 0 Å². The maximum atomic E-state index is 12.6. The van der Waals surface area contributed by atoms with Gasteiger partial charge in [0, 0.05) is 25.7 Å². The van der Waals surface area contributed by atoms with Crippen molar-refractivity contribution >= 4 is 46.8 Å². The average Bonchev–Trinajstić information content (AvgIpc) is 2.62. The van der Waals surface area contributed by atoms with E-state index in [4.69, 9.17) is 27.9 Å². The highest BCUT2D eigenvalue weighted by atomic mass is 35.5. The summed E-state index contributed by atoms with van der Waals surface area (Å²) in [6.45, 7) is 6.83. The number of morpholine rings is 1. The SMILES string of the molecule is CC(C)N(Cc1ccc(Cl)c(Cl)c1)C(=O)CSCC(=O)N1CCOCC1. The molecule has 5 nitrogen and oxygen atoms in total. The number of amides is 2. The minimum atomic E-state index is 0.00542. The first-order valence-electron chi connectivity index (χ1n) is 8.55. The molecule has 0 aromatic heterocycles. The summed E-state index contributed by atoms with van der Waals surface area (Å²) in [6.07, 6.45) is 0. The van der Waals surface area contributed by atoms with Gasteiger partial charge in [-0.05, 0) is 31.5 Å². The highest BCUT2D eigenvalue weighted by Crippen LogP contribution is 2.24. The molecule has 0 unspecified atom stereocenters. The zero-order chi connectivity index (χ0) is 19.1. The standard InChI is InChI=1S/C18H24Cl2N2O3S/c1-13(2)22(10-14-3-4-15(19)16(20)9-14)18(24)12-26-11-17(23)21-5-7-25-8-6-21/h3-4,9,13H,5-8,10-12H2,1-2H3. The van der Waals surface area contributed by atoms with Crippen molar-refractivity contribution in [3.05, 3.63) is 33.8 Å². The van der Waals surface area contributed by atoms with E-state index in [2.05, 4.69) is 0 Å². The summed E-state index contributed by atoms with van der Waals surface area (Å²) in [5, 5.41) is 0.973. The molecule has 1 aromatic rings. The van der Waals surface area contributed by atoms with Crippen LogP contribution in [0.1, 0.15) is 19.4 Å². The summed E-state index contributed by atoms with van der Waals surface area (Å²) in [5.74, 6) is 0.651. The highest BCUT2D eigenvalue weighted by molar-refractivity contribution is 8.00. The van der Waals surface area contributed by atoms with Gasteiger partial charge < -0.3 is 14.5 Å². The number of nitrogens with zero attached hydrogens (tertiary/aromatic N) is 2. The zero-order valence-corrected chi connectivity index (χ0v) is 17.4. The molecule has 1 saturated heterocycles. The molecule has 0 radical (unpaired) electrons. The third-order valence-electron chi connectivity index (χ3n) is 4.10. The second-order valence-corrected chi connectivity index (χ2v) is 8.15. The quantitative estimate of drug-likeness (QED) is 0.681. The van der Waals surface area contributed by atoms with Gasteiger partial charge in [0.25, 0.3) is 0 Å². The van der Waals surface area contributed by atoms with E-state index in [1.165, 1.54) is 11.8 Å². The molecule has 0 bridgehead atoms. The Labute approximate surface area is 168 Å². The van der Waals surface area contributed by atoms with Crippen molar-refractivity contribution in [1.29, 1.82) is 0 Å².